The maximum atomic E-state index is 12.5. The Morgan fingerprint density at radius 1 is 1.35 bits per heavy atom. The molecular formula is C15H26N2O3. The van der Waals surface area contributed by atoms with Crippen molar-refractivity contribution in [3.8, 4) is 0 Å². The van der Waals surface area contributed by atoms with Crippen molar-refractivity contribution < 1.29 is 14.3 Å². The summed E-state index contributed by atoms with van der Waals surface area (Å²) in [6, 6.07) is -0.389. The number of ether oxygens (including phenoxy) is 1. The molecule has 2 amide bonds. The van der Waals surface area contributed by atoms with Crippen LogP contribution in [0.1, 0.15) is 40.5 Å². The molecule has 2 aliphatic rings. The average Bonchev–Trinajstić information content (AvgIpc) is 3.13. The van der Waals surface area contributed by atoms with Gasteiger partial charge in [-0.05, 0) is 38.5 Å². The van der Waals surface area contributed by atoms with Crippen LogP contribution in [0.3, 0.4) is 0 Å². The quantitative estimate of drug-likeness (QED) is 0.744. The Labute approximate surface area is 121 Å². The number of hydrogen-bond acceptors (Lipinski definition) is 3. The van der Waals surface area contributed by atoms with E-state index in [2.05, 4.69) is 5.32 Å². The Bertz CT molecular complexity index is 389. The largest absolute Gasteiger partial charge is 0.379 e. The highest BCUT2D eigenvalue weighted by molar-refractivity contribution is 5.99. The van der Waals surface area contributed by atoms with E-state index in [1.165, 1.54) is 12.8 Å². The fourth-order valence-electron chi connectivity index (χ4n) is 2.66. The monoisotopic (exact) mass is 282 g/mol. The van der Waals surface area contributed by atoms with Gasteiger partial charge in [-0.2, -0.15) is 0 Å². The van der Waals surface area contributed by atoms with E-state index in [-0.39, 0.29) is 23.8 Å². The van der Waals surface area contributed by atoms with Crippen LogP contribution >= 0.6 is 0 Å². The molecule has 0 bridgehead atoms. The van der Waals surface area contributed by atoms with Crippen molar-refractivity contribution >= 4 is 11.8 Å². The molecule has 1 N–H and O–H groups in total. The molecule has 2 fully saturated rings. The predicted molar refractivity (Wildman–Crippen MR) is 76.1 cm³/mol. The fourth-order valence-corrected chi connectivity index (χ4v) is 2.66. The molecule has 1 saturated heterocycles. The highest BCUT2D eigenvalue weighted by Crippen LogP contribution is 2.29. The molecule has 1 aliphatic heterocycles. The van der Waals surface area contributed by atoms with Gasteiger partial charge in [0, 0.05) is 13.2 Å². The van der Waals surface area contributed by atoms with E-state index < -0.39 is 5.54 Å². The van der Waals surface area contributed by atoms with Crippen molar-refractivity contribution in [1.82, 2.24) is 10.2 Å². The molecule has 114 valence electrons. The number of hydrogen-bond donors (Lipinski definition) is 1. The predicted octanol–water partition coefficient (Wildman–Crippen LogP) is 1.17. The lowest BCUT2D eigenvalue weighted by atomic mass is 9.91. The lowest BCUT2D eigenvalue weighted by Gasteiger charge is -2.44. The molecule has 1 atom stereocenters. The van der Waals surface area contributed by atoms with Gasteiger partial charge in [0.25, 0.3) is 0 Å². The molecule has 1 unspecified atom stereocenters. The zero-order valence-electron chi connectivity index (χ0n) is 12.9. The summed E-state index contributed by atoms with van der Waals surface area (Å²) in [5.41, 5.74) is -0.820. The van der Waals surface area contributed by atoms with E-state index in [1.807, 2.05) is 13.8 Å². The van der Waals surface area contributed by atoms with Crippen LogP contribution in [0.4, 0.5) is 0 Å². The summed E-state index contributed by atoms with van der Waals surface area (Å²) in [4.78, 5) is 26.4. The fraction of sp³-hybridized carbons (Fsp3) is 0.867. The van der Waals surface area contributed by atoms with Crippen LogP contribution in [-0.2, 0) is 14.3 Å². The molecule has 0 radical (unpaired) electrons. The number of piperazine rings is 1. The summed E-state index contributed by atoms with van der Waals surface area (Å²) >= 11 is 0. The third-order valence-corrected chi connectivity index (χ3v) is 3.99. The highest BCUT2D eigenvalue weighted by Gasteiger charge is 2.46. The minimum Gasteiger partial charge on any atom is -0.379 e. The summed E-state index contributed by atoms with van der Waals surface area (Å²) in [6.45, 7) is 9.22. The summed E-state index contributed by atoms with van der Waals surface area (Å²) in [6.07, 6.45) is 2.51. The molecule has 20 heavy (non-hydrogen) atoms. The summed E-state index contributed by atoms with van der Waals surface area (Å²) in [7, 11) is 0. The van der Waals surface area contributed by atoms with Crippen molar-refractivity contribution in [3.63, 3.8) is 0 Å². The summed E-state index contributed by atoms with van der Waals surface area (Å²) < 4.78 is 5.61. The van der Waals surface area contributed by atoms with Gasteiger partial charge in [0.1, 0.15) is 11.6 Å². The Morgan fingerprint density at radius 2 is 2.00 bits per heavy atom. The molecule has 5 heteroatoms. The van der Waals surface area contributed by atoms with Gasteiger partial charge < -0.3 is 15.0 Å². The van der Waals surface area contributed by atoms with Gasteiger partial charge in [-0.1, -0.05) is 13.8 Å². The topological polar surface area (TPSA) is 58.6 Å². The SMILES string of the molecule is CC(C)C1C(=O)NC(C)(C)C(=O)N1CCOCC1CC1. The van der Waals surface area contributed by atoms with E-state index in [0.717, 1.165) is 6.61 Å². The second-order valence-corrected chi connectivity index (χ2v) is 6.82. The van der Waals surface area contributed by atoms with Gasteiger partial charge in [0.2, 0.25) is 11.8 Å². The molecular weight excluding hydrogens is 256 g/mol. The Morgan fingerprint density at radius 3 is 2.55 bits per heavy atom. The molecule has 5 nitrogen and oxygen atoms in total. The maximum absolute atomic E-state index is 12.5. The van der Waals surface area contributed by atoms with Crippen LogP contribution in [0.15, 0.2) is 0 Å². The number of carbonyl (C=O) groups excluding carboxylic acids is 2. The van der Waals surface area contributed by atoms with Crippen LogP contribution in [-0.4, -0.2) is 48.1 Å². The molecule has 2 rings (SSSR count). The lowest BCUT2D eigenvalue weighted by molar-refractivity contribution is -0.156. The zero-order valence-corrected chi connectivity index (χ0v) is 12.9. The Hall–Kier alpha value is -1.10. The number of rotatable bonds is 6. The van der Waals surface area contributed by atoms with Crippen molar-refractivity contribution in [1.29, 1.82) is 0 Å². The number of nitrogens with one attached hydrogen (secondary N) is 1. The van der Waals surface area contributed by atoms with E-state index in [0.29, 0.717) is 19.1 Å². The Balaban J connectivity index is 1.98. The molecule has 0 aromatic rings. The molecule has 0 aromatic carbocycles. The van der Waals surface area contributed by atoms with Crippen LogP contribution in [0.5, 0.6) is 0 Å². The van der Waals surface area contributed by atoms with Crippen LogP contribution in [0.25, 0.3) is 0 Å². The first-order chi connectivity index (χ1) is 9.33. The van der Waals surface area contributed by atoms with Crippen LogP contribution in [0.2, 0.25) is 0 Å². The second kappa shape index (κ2) is 5.72. The third-order valence-electron chi connectivity index (χ3n) is 3.99. The minimum atomic E-state index is -0.820. The average molecular weight is 282 g/mol. The molecule has 1 aliphatic carbocycles. The van der Waals surface area contributed by atoms with Crippen LogP contribution < -0.4 is 5.32 Å². The normalized spacial score (nSPS) is 26.1. The van der Waals surface area contributed by atoms with E-state index in [4.69, 9.17) is 4.74 Å². The summed E-state index contributed by atoms with van der Waals surface area (Å²) in [5.74, 6) is 0.726. The third kappa shape index (κ3) is 3.32. The maximum Gasteiger partial charge on any atom is 0.248 e. The lowest BCUT2D eigenvalue weighted by Crippen LogP contribution is -2.69. The van der Waals surface area contributed by atoms with Crippen LogP contribution in [0, 0.1) is 11.8 Å². The Kier molecular flexibility index (Phi) is 4.37. The molecule has 1 heterocycles. The first-order valence-corrected chi connectivity index (χ1v) is 7.54. The smallest absolute Gasteiger partial charge is 0.248 e. The van der Waals surface area contributed by atoms with E-state index in [9.17, 15) is 9.59 Å². The molecule has 1 saturated carbocycles. The van der Waals surface area contributed by atoms with Gasteiger partial charge in [0.05, 0.1) is 6.61 Å². The van der Waals surface area contributed by atoms with Crippen molar-refractivity contribution in [3.05, 3.63) is 0 Å². The summed E-state index contributed by atoms with van der Waals surface area (Å²) in [5, 5.41) is 2.81. The number of amides is 2. The van der Waals surface area contributed by atoms with Crippen molar-refractivity contribution in [2.45, 2.75) is 52.1 Å². The van der Waals surface area contributed by atoms with Gasteiger partial charge in [-0.25, -0.2) is 0 Å². The molecule has 0 aromatic heterocycles. The second-order valence-electron chi connectivity index (χ2n) is 6.82. The van der Waals surface area contributed by atoms with Gasteiger partial charge in [0.15, 0.2) is 0 Å². The van der Waals surface area contributed by atoms with Crippen molar-refractivity contribution in [2.24, 2.45) is 11.8 Å². The zero-order chi connectivity index (χ0) is 14.9. The molecule has 0 spiro atoms. The first kappa shape index (κ1) is 15.3. The highest BCUT2D eigenvalue weighted by atomic mass is 16.5. The van der Waals surface area contributed by atoms with Gasteiger partial charge in [-0.3, -0.25) is 9.59 Å². The minimum absolute atomic E-state index is 0.0224. The van der Waals surface area contributed by atoms with E-state index >= 15 is 0 Å². The van der Waals surface area contributed by atoms with Gasteiger partial charge >= 0.3 is 0 Å². The van der Waals surface area contributed by atoms with E-state index in [1.54, 1.807) is 18.7 Å². The standard InChI is InChI=1S/C15H26N2O3/c1-10(2)12-13(18)16-15(3,4)14(19)17(12)7-8-20-9-11-5-6-11/h10-12H,5-9H2,1-4H3,(H,16,18). The number of nitrogens with zero attached hydrogens (tertiary/aromatic N) is 1. The van der Waals surface area contributed by atoms with Crippen molar-refractivity contribution in [2.75, 3.05) is 19.8 Å². The van der Waals surface area contributed by atoms with Gasteiger partial charge in [-0.15, -0.1) is 0 Å². The first-order valence-electron chi connectivity index (χ1n) is 7.54. The number of carbonyl (C=O) groups is 2.